The lowest BCUT2D eigenvalue weighted by Crippen LogP contribution is -2.17. The molecule has 5 heteroatoms. The van der Waals surface area contributed by atoms with Crippen LogP contribution in [-0.2, 0) is 13.1 Å². The van der Waals surface area contributed by atoms with Crippen LogP contribution in [0.25, 0.3) is 0 Å². The summed E-state index contributed by atoms with van der Waals surface area (Å²) in [6.07, 6.45) is 0. The van der Waals surface area contributed by atoms with Gasteiger partial charge in [0.25, 0.3) is 0 Å². The predicted molar refractivity (Wildman–Crippen MR) is 80.2 cm³/mol. The van der Waals surface area contributed by atoms with E-state index in [0.717, 1.165) is 29.4 Å². The van der Waals surface area contributed by atoms with Gasteiger partial charge in [0.15, 0.2) is 0 Å². The molecule has 0 spiro atoms. The SMILES string of the molecule is Cc1nc(CN(C)Cc2ccc(C(=O)O)cc2)sc1C. The second kappa shape index (κ2) is 6.15. The van der Waals surface area contributed by atoms with Crippen LogP contribution in [-0.4, -0.2) is 28.0 Å². The summed E-state index contributed by atoms with van der Waals surface area (Å²) in [6, 6.07) is 7.00. The fourth-order valence-corrected chi connectivity index (χ4v) is 2.97. The number of aromatic carboxylic acids is 1. The van der Waals surface area contributed by atoms with E-state index in [1.165, 1.54) is 4.88 Å². The maximum Gasteiger partial charge on any atom is 0.335 e. The van der Waals surface area contributed by atoms with Crippen LogP contribution in [0.2, 0.25) is 0 Å². The molecule has 20 heavy (non-hydrogen) atoms. The van der Waals surface area contributed by atoms with E-state index >= 15 is 0 Å². The van der Waals surface area contributed by atoms with Crippen LogP contribution in [0.5, 0.6) is 0 Å². The number of carboxylic acids is 1. The molecule has 1 aromatic carbocycles. The van der Waals surface area contributed by atoms with E-state index in [1.807, 2.05) is 26.1 Å². The first-order valence-corrected chi connectivity index (χ1v) is 7.21. The Bertz CT molecular complexity index is 585. The van der Waals surface area contributed by atoms with E-state index in [4.69, 9.17) is 5.11 Å². The van der Waals surface area contributed by atoms with Gasteiger partial charge in [-0.2, -0.15) is 0 Å². The molecule has 0 atom stereocenters. The van der Waals surface area contributed by atoms with Gasteiger partial charge in [-0.15, -0.1) is 11.3 Å². The van der Waals surface area contributed by atoms with Gasteiger partial charge in [0.2, 0.25) is 0 Å². The summed E-state index contributed by atoms with van der Waals surface area (Å²) in [5, 5.41) is 9.98. The fourth-order valence-electron chi connectivity index (χ4n) is 1.96. The standard InChI is InChI=1S/C15H18N2O2S/c1-10-11(2)20-14(16-10)9-17(3)8-12-4-6-13(7-5-12)15(18)19/h4-7H,8-9H2,1-3H3,(H,18,19). The van der Waals surface area contributed by atoms with Gasteiger partial charge >= 0.3 is 5.97 Å². The molecule has 106 valence electrons. The summed E-state index contributed by atoms with van der Waals surface area (Å²) in [4.78, 5) is 18.8. The lowest BCUT2D eigenvalue weighted by molar-refractivity contribution is 0.0697. The summed E-state index contributed by atoms with van der Waals surface area (Å²) in [7, 11) is 2.04. The second-order valence-corrected chi connectivity index (χ2v) is 6.21. The highest BCUT2D eigenvalue weighted by Crippen LogP contribution is 2.18. The summed E-state index contributed by atoms with van der Waals surface area (Å²) >= 11 is 1.73. The summed E-state index contributed by atoms with van der Waals surface area (Å²) in [6.45, 7) is 5.69. The number of hydrogen-bond donors (Lipinski definition) is 1. The van der Waals surface area contributed by atoms with Crippen molar-refractivity contribution in [3.05, 3.63) is 51.0 Å². The average Bonchev–Trinajstić information content (AvgIpc) is 2.68. The van der Waals surface area contributed by atoms with Crippen molar-refractivity contribution in [2.45, 2.75) is 26.9 Å². The van der Waals surface area contributed by atoms with E-state index < -0.39 is 5.97 Å². The molecule has 0 saturated heterocycles. The van der Waals surface area contributed by atoms with Crippen molar-refractivity contribution in [1.82, 2.24) is 9.88 Å². The Morgan fingerprint density at radius 3 is 2.40 bits per heavy atom. The van der Waals surface area contributed by atoms with Gasteiger partial charge < -0.3 is 5.11 Å². The molecule has 0 aliphatic heterocycles. The van der Waals surface area contributed by atoms with Gasteiger partial charge in [0, 0.05) is 11.4 Å². The molecule has 2 aromatic rings. The van der Waals surface area contributed by atoms with Crippen LogP contribution in [0.3, 0.4) is 0 Å². The minimum Gasteiger partial charge on any atom is -0.478 e. The van der Waals surface area contributed by atoms with Crippen molar-refractivity contribution < 1.29 is 9.90 Å². The monoisotopic (exact) mass is 290 g/mol. The maximum atomic E-state index is 10.8. The molecule has 0 aliphatic carbocycles. The molecular formula is C15H18N2O2S. The van der Waals surface area contributed by atoms with Crippen molar-refractivity contribution >= 4 is 17.3 Å². The van der Waals surface area contributed by atoms with Crippen LogP contribution >= 0.6 is 11.3 Å². The third kappa shape index (κ3) is 3.65. The first kappa shape index (κ1) is 14.7. The van der Waals surface area contributed by atoms with E-state index in [0.29, 0.717) is 5.56 Å². The Balaban J connectivity index is 1.97. The molecule has 1 heterocycles. The minimum absolute atomic E-state index is 0.322. The second-order valence-electron chi connectivity index (χ2n) is 4.92. The molecule has 1 N–H and O–H groups in total. The highest BCUT2D eigenvalue weighted by Gasteiger charge is 2.08. The lowest BCUT2D eigenvalue weighted by Gasteiger charge is -2.15. The highest BCUT2D eigenvalue weighted by molar-refractivity contribution is 7.11. The molecular weight excluding hydrogens is 272 g/mol. The first-order chi connectivity index (χ1) is 9.45. The Morgan fingerprint density at radius 1 is 1.25 bits per heavy atom. The third-order valence-electron chi connectivity index (χ3n) is 3.13. The molecule has 1 aromatic heterocycles. The number of thiazole rings is 1. The van der Waals surface area contributed by atoms with Gasteiger partial charge in [-0.05, 0) is 38.6 Å². The Labute approximate surface area is 122 Å². The van der Waals surface area contributed by atoms with Gasteiger partial charge in [-0.25, -0.2) is 9.78 Å². The summed E-state index contributed by atoms with van der Waals surface area (Å²) in [5.41, 5.74) is 2.52. The zero-order valence-corrected chi connectivity index (χ0v) is 12.7. The van der Waals surface area contributed by atoms with Crippen molar-refractivity contribution in [2.75, 3.05) is 7.05 Å². The van der Waals surface area contributed by atoms with Crippen LogP contribution in [0.4, 0.5) is 0 Å². The number of hydrogen-bond acceptors (Lipinski definition) is 4. The molecule has 0 bridgehead atoms. The molecule has 0 radical (unpaired) electrons. The van der Waals surface area contributed by atoms with Crippen molar-refractivity contribution in [1.29, 1.82) is 0 Å². The van der Waals surface area contributed by atoms with E-state index in [9.17, 15) is 4.79 Å². The number of aryl methyl sites for hydroxylation is 2. The molecule has 2 rings (SSSR count). The minimum atomic E-state index is -0.890. The lowest BCUT2D eigenvalue weighted by atomic mass is 10.1. The average molecular weight is 290 g/mol. The van der Waals surface area contributed by atoms with Gasteiger partial charge in [-0.3, -0.25) is 4.90 Å². The van der Waals surface area contributed by atoms with Crippen LogP contribution in [0.15, 0.2) is 24.3 Å². The molecule has 0 unspecified atom stereocenters. The highest BCUT2D eigenvalue weighted by atomic mass is 32.1. The summed E-state index contributed by atoms with van der Waals surface area (Å²) in [5.74, 6) is -0.890. The largest absolute Gasteiger partial charge is 0.478 e. The number of aromatic nitrogens is 1. The fraction of sp³-hybridized carbons (Fsp3) is 0.333. The Hall–Kier alpha value is -1.72. The van der Waals surface area contributed by atoms with Crippen molar-refractivity contribution in [3.8, 4) is 0 Å². The number of carboxylic acid groups (broad SMARTS) is 1. The molecule has 0 aliphatic rings. The molecule has 0 amide bonds. The first-order valence-electron chi connectivity index (χ1n) is 6.39. The van der Waals surface area contributed by atoms with Gasteiger partial charge in [0.05, 0.1) is 17.8 Å². The Morgan fingerprint density at radius 2 is 1.90 bits per heavy atom. The normalized spacial score (nSPS) is 11.0. The summed E-state index contributed by atoms with van der Waals surface area (Å²) < 4.78 is 0. The molecule has 0 fully saturated rings. The number of benzene rings is 1. The van der Waals surface area contributed by atoms with Gasteiger partial charge in [-0.1, -0.05) is 12.1 Å². The maximum absolute atomic E-state index is 10.8. The quantitative estimate of drug-likeness (QED) is 0.919. The number of rotatable bonds is 5. The number of carbonyl (C=O) groups is 1. The van der Waals surface area contributed by atoms with Gasteiger partial charge in [0.1, 0.15) is 5.01 Å². The zero-order valence-electron chi connectivity index (χ0n) is 11.9. The zero-order chi connectivity index (χ0) is 14.7. The smallest absolute Gasteiger partial charge is 0.335 e. The molecule has 0 saturated carbocycles. The van der Waals surface area contributed by atoms with E-state index in [1.54, 1.807) is 23.5 Å². The van der Waals surface area contributed by atoms with Crippen LogP contribution in [0, 0.1) is 13.8 Å². The molecule has 4 nitrogen and oxygen atoms in total. The van der Waals surface area contributed by atoms with Crippen LogP contribution in [0.1, 0.15) is 31.5 Å². The van der Waals surface area contributed by atoms with E-state index in [2.05, 4.69) is 16.8 Å². The third-order valence-corrected chi connectivity index (χ3v) is 4.19. The topological polar surface area (TPSA) is 53.4 Å². The van der Waals surface area contributed by atoms with Crippen molar-refractivity contribution in [2.24, 2.45) is 0 Å². The van der Waals surface area contributed by atoms with E-state index in [-0.39, 0.29) is 0 Å². The Kier molecular flexibility index (Phi) is 4.52. The predicted octanol–water partition coefficient (Wildman–Crippen LogP) is 3.09. The van der Waals surface area contributed by atoms with Crippen molar-refractivity contribution in [3.63, 3.8) is 0 Å². The van der Waals surface area contributed by atoms with Crippen LogP contribution < -0.4 is 0 Å². The number of nitrogens with zero attached hydrogens (tertiary/aromatic N) is 2.